The number of halogens is 3. The molecule has 0 spiro atoms. The Balaban J connectivity index is 2.19. The molecule has 2 aromatic carbocycles. The molecule has 94 valence electrons. The Morgan fingerprint density at radius 1 is 1.22 bits per heavy atom. The van der Waals surface area contributed by atoms with Gasteiger partial charge >= 0.3 is 0 Å². The highest BCUT2D eigenvalue weighted by atomic mass is 127. The highest BCUT2D eigenvalue weighted by Crippen LogP contribution is 2.23. The fourth-order valence-corrected chi connectivity index (χ4v) is 2.41. The van der Waals surface area contributed by atoms with E-state index in [2.05, 4.69) is 27.9 Å². The van der Waals surface area contributed by atoms with Crippen LogP contribution in [-0.2, 0) is 6.54 Å². The minimum atomic E-state index is -0.279. The third-order valence-corrected chi connectivity index (χ3v) is 4.31. The van der Waals surface area contributed by atoms with Crippen molar-refractivity contribution in [3.05, 3.63) is 61.9 Å². The lowest BCUT2D eigenvalue weighted by Gasteiger charge is -2.12. The van der Waals surface area contributed by atoms with Gasteiger partial charge in [0.25, 0.3) is 0 Å². The largest absolute Gasteiger partial charge is 0.381 e. The lowest BCUT2D eigenvalue weighted by atomic mass is 10.1. The number of hydrogen-bond acceptors (Lipinski definition) is 1. The summed E-state index contributed by atoms with van der Waals surface area (Å²) in [7, 11) is 0. The Morgan fingerprint density at radius 2 is 1.94 bits per heavy atom. The van der Waals surface area contributed by atoms with Gasteiger partial charge in [0, 0.05) is 26.4 Å². The summed E-state index contributed by atoms with van der Waals surface area (Å²) in [5.74, 6) is -0.279. The highest BCUT2D eigenvalue weighted by Gasteiger charge is 2.07. The van der Waals surface area contributed by atoms with Gasteiger partial charge in [0.05, 0.1) is 0 Å². The molecule has 0 saturated carbocycles. The predicted molar refractivity (Wildman–Crippen MR) is 82.6 cm³/mol. The molecule has 0 amide bonds. The van der Waals surface area contributed by atoms with Gasteiger partial charge in [-0.3, -0.25) is 0 Å². The molecular formula is C14H12ClFIN. The molecule has 2 aromatic rings. The van der Waals surface area contributed by atoms with E-state index < -0.39 is 0 Å². The molecule has 4 heteroatoms. The summed E-state index contributed by atoms with van der Waals surface area (Å²) in [6.45, 7) is 2.42. The van der Waals surface area contributed by atoms with Crippen molar-refractivity contribution < 1.29 is 4.39 Å². The Morgan fingerprint density at radius 3 is 2.67 bits per heavy atom. The fourth-order valence-electron chi connectivity index (χ4n) is 1.68. The molecule has 0 unspecified atom stereocenters. The van der Waals surface area contributed by atoms with E-state index in [-0.39, 0.29) is 5.82 Å². The molecule has 0 saturated heterocycles. The summed E-state index contributed by atoms with van der Waals surface area (Å²) < 4.78 is 14.8. The quantitative estimate of drug-likeness (QED) is 0.744. The maximum absolute atomic E-state index is 13.6. The van der Waals surface area contributed by atoms with Gasteiger partial charge in [0.15, 0.2) is 0 Å². The molecule has 0 aromatic heterocycles. The Bertz CT molecular complexity index is 551. The monoisotopic (exact) mass is 375 g/mol. The topological polar surface area (TPSA) is 12.0 Å². The summed E-state index contributed by atoms with van der Waals surface area (Å²) in [5, 5.41) is 3.67. The molecule has 0 heterocycles. The molecule has 0 aliphatic carbocycles. The molecule has 18 heavy (non-hydrogen) atoms. The molecule has 2 rings (SSSR count). The lowest BCUT2D eigenvalue weighted by Crippen LogP contribution is -2.04. The molecule has 1 nitrogen and oxygen atoms in total. The molecule has 0 radical (unpaired) electrons. The predicted octanol–water partition coefficient (Wildman–Crippen LogP) is 5.00. The first kappa shape index (κ1) is 13.6. The van der Waals surface area contributed by atoms with Gasteiger partial charge in [-0.15, -0.1) is 0 Å². The minimum absolute atomic E-state index is 0.279. The van der Waals surface area contributed by atoms with Gasteiger partial charge < -0.3 is 5.32 Å². The number of rotatable bonds is 3. The molecule has 0 fully saturated rings. The number of benzene rings is 2. The first-order valence-corrected chi connectivity index (χ1v) is 6.97. The van der Waals surface area contributed by atoms with Crippen molar-refractivity contribution in [2.75, 3.05) is 5.32 Å². The van der Waals surface area contributed by atoms with Crippen molar-refractivity contribution in [1.82, 2.24) is 0 Å². The Hall–Kier alpha value is -0.810. The van der Waals surface area contributed by atoms with E-state index in [9.17, 15) is 4.39 Å². The zero-order chi connectivity index (χ0) is 13.1. The van der Waals surface area contributed by atoms with Crippen LogP contribution in [0.5, 0.6) is 0 Å². The Kier molecular flexibility index (Phi) is 4.45. The maximum atomic E-state index is 13.6. The average Bonchev–Trinajstić information content (AvgIpc) is 2.33. The molecule has 0 atom stereocenters. The third kappa shape index (κ3) is 2.95. The van der Waals surface area contributed by atoms with Crippen molar-refractivity contribution in [2.24, 2.45) is 0 Å². The van der Waals surface area contributed by atoms with Crippen LogP contribution in [0.2, 0.25) is 5.02 Å². The first-order valence-electron chi connectivity index (χ1n) is 5.51. The summed E-state index contributed by atoms with van der Waals surface area (Å²) in [6.07, 6.45) is 0. The summed E-state index contributed by atoms with van der Waals surface area (Å²) in [4.78, 5) is 0. The van der Waals surface area contributed by atoms with E-state index in [1.807, 2.05) is 25.1 Å². The maximum Gasteiger partial charge on any atom is 0.129 e. The van der Waals surface area contributed by atoms with E-state index in [4.69, 9.17) is 11.6 Å². The average molecular weight is 376 g/mol. The van der Waals surface area contributed by atoms with E-state index >= 15 is 0 Å². The zero-order valence-electron chi connectivity index (χ0n) is 9.81. The molecule has 0 aliphatic rings. The van der Waals surface area contributed by atoms with Crippen molar-refractivity contribution in [2.45, 2.75) is 13.5 Å². The van der Waals surface area contributed by atoms with Crippen LogP contribution in [0.15, 0.2) is 36.4 Å². The van der Waals surface area contributed by atoms with Crippen molar-refractivity contribution in [3.63, 3.8) is 0 Å². The second-order valence-electron chi connectivity index (χ2n) is 3.97. The molecular weight excluding hydrogens is 364 g/mol. The van der Waals surface area contributed by atoms with Gasteiger partial charge in [-0.2, -0.15) is 0 Å². The van der Waals surface area contributed by atoms with Crippen LogP contribution in [0.1, 0.15) is 11.1 Å². The summed E-state index contributed by atoms with van der Waals surface area (Å²) in [6, 6.07) is 10.7. The van der Waals surface area contributed by atoms with Gasteiger partial charge in [-0.25, -0.2) is 4.39 Å². The van der Waals surface area contributed by atoms with Crippen LogP contribution in [0.25, 0.3) is 0 Å². The van der Waals surface area contributed by atoms with Crippen LogP contribution in [0, 0.1) is 16.3 Å². The van der Waals surface area contributed by atoms with E-state index in [0.717, 1.165) is 11.3 Å². The van der Waals surface area contributed by atoms with E-state index in [0.29, 0.717) is 17.1 Å². The number of anilines is 1. The second-order valence-corrected chi connectivity index (χ2v) is 5.54. The highest BCUT2D eigenvalue weighted by molar-refractivity contribution is 14.1. The van der Waals surface area contributed by atoms with E-state index in [1.165, 1.54) is 9.64 Å². The standard InChI is InChI=1S/C14H12ClFIN/c1-9-13(17)6-3-7-14(9)18-8-10-11(15)4-2-5-12(10)16/h2-7,18H,8H2,1H3. The molecule has 1 N–H and O–H groups in total. The minimum Gasteiger partial charge on any atom is -0.381 e. The normalized spacial score (nSPS) is 10.4. The van der Waals surface area contributed by atoms with Crippen molar-refractivity contribution in [3.8, 4) is 0 Å². The van der Waals surface area contributed by atoms with E-state index in [1.54, 1.807) is 12.1 Å². The first-order chi connectivity index (χ1) is 8.59. The van der Waals surface area contributed by atoms with Crippen molar-refractivity contribution >= 4 is 39.9 Å². The van der Waals surface area contributed by atoms with Crippen LogP contribution in [-0.4, -0.2) is 0 Å². The number of hydrogen-bond donors (Lipinski definition) is 1. The second kappa shape index (κ2) is 5.89. The third-order valence-electron chi connectivity index (χ3n) is 2.78. The SMILES string of the molecule is Cc1c(I)cccc1NCc1c(F)cccc1Cl. The van der Waals surface area contributed by atoms with Gasteiger partial charge in [-0.05, 0) is 59.3 Å². The van der Waals surface area contributed by atoms with Crippen molar-refractivity contribution in [1.29, 1.82) is 0 Å². The van der Waals surface area contributed by atoms with Crippen LogP contribution < -0.4 is 5.32 Å². The van der Waals surface area contributed by atoms with Crippen LogP contribution >= 0.6 is 34.2 Å². The van der Waals surface area contributed by atoms with Crippen LogP contribution in [0.4, 0.5) is 10.1 Å². The van der Waals surface area contributed by atoms with Gasteiger partial charge in [0.1, 0.15) is 5.82 Å². The fraction of sp³-hybridized carbons (Fsp3) is 0.143. The Labute approximate surface area is 124 Å². The molecule has 0 bridgehead atoms. The van der Waals surface area contributed by atoms with Gasteiger partial charge in [-0.1, -0.05) is 23.7 Å². The lowest BCUT2D eigenvalue weighted by molar-refractivity contribution is 0.613. The summed E-state index contributed by atoms with van der Waals surface area (Å²) in [5.41, 5.74) is 2.66. The smallest absolute Gasteiger partial charge is 0.129 e. The van der Waals surface area contributed by atoms with Crippen LogP contribution in [0.3, 0.4) is 0 Å². The summed E-state index contributed by atoms with van der Waals surface area (Å²) >= 11 is 8.26. The zero-order valence-corrected chi connectivity index (χ0v) is 12.7. The number of nitrogens with one attached hydrogen (secondary N) is 1. The molecule has 0 aliphatic heterocycles. The van der Waals surface area contributed by atoms with Gasteiger partial charge in [0.2, 0.25) is 0 Å².